The van der Waals surface area contributed by atoms with Crippen LogP contribution in [0.25, 0.3) is 16.9 Å². The first-order valence-corrected chi connectivity index (χ1v) is 5.00. The summed E-state index contributed by atoms with van der Waals surface area (Å²) in [5.41, 5.74) is 2.20. The Morgan fingerprint density at radius 3 is 2.94 bits per heavy atom. The van der Waals surface area contributed by atoms with Gasteiger partial charge in [0.05, 0.1) is 5.69 Å². The van der Waals surface area contributed by atoms with Crippen LogP contribution in [0.15, 0.2) is 36.8 Å². The van der Waals surface area contributed by atoms with E-state index in [1.54, 1.807) is 6.20 Å². The fraction of sp³-hybridized carbons (Fsp3) is 0. The van der Waals surface area contributed by atoms with E-state index in [-0.39, 0.29) is 0 Å². The van der Waals surface area contributed by atoms with Crippen molar-refractivity contribution in [3.63, 3.8) is 0 Å². The fourth-order valence-corrected chi connectivity index (χ4v) is 1.66. The van der Waals surface area contributed by atoms with Crippen molar-refractivity contribution in [3.05, 3.63) is 41.9 Å². The topological polar surface area (TPSA) is 56.0 Å². The highest BCUT2D eigenvalue weighted by Gasteiger charge is 2.06. The van der Waals surface area contributed by atoms with E-state index < -0.39 is 0 Å². The Hall–Kier alpha value is -2.01. The monoisotopic (exact) mass is 231 g/mol. The maximum absolute atomic E-state index is 5.99. The van der Waals surface area contributed by atoms with Gasteiger partial charge in [-0.2, -0.15) is 0 Å². The van der Waals surface area contributed by atoms with E-state index in [9.17, 15) is 0 Å². The quantitative estimate of drug-likeness (QED) is 0.600. The maximum Gasteiger partial charge on any atom is 0.176 e. The van der Waals surface area contributed by atoms with Crippen molar-refractivity contribution >= 4 is 17.2 Å². The molecule has 0 N–H and O–H groups in total. The predicted octanol–water partition coefficient (Wildman–Crippen LogP) is 1.84. The van der Waals surface area contributed by atoms with Crippen molar-refractivity contribution in [2.75, 3.05) is 0 Å². The number of aromatic nitrogens is 5. The zero-order valence-corrected chi connectivity index (χ0v) is 8.83. The van der Waals surface area contributed by atoms with Crippen molar-refractivity contribution in [2.24, 2.45) is 0 Å². The van der Waals surface area contributed by atoms with E-state index in [0.717, 1.165) is 11.3 Å². The van der Waals surface area contributed by atoms with Gasteiger partial charge in [0.15, 0.2) is 5.65 Å². The summed E-state index contributed by atoms with van der Waals surface area (Å²) in [7, 11) is 0. The molecule has 0 aliphatic heterocycles. The molecular formula is C10H6ClN5. The first-order chi connectivity index (χ1) is 7.84. The first kappa shape index (κ1) is 9.23. The van der Waals surface area contributed by atoms with Gasteiger partial charge in [-0.3, -0.25) is 0 Å². The summed E-state index contributed by atoms with van der Waals surface area (Å²) in [6, 6.07) is 7.35. The van der Waals surface area contributed by atoms with Gasteiger partial charge in [0, 0.05) is 11.8 Å². The molecule has 6 heteroatoms. The number of fused-ring (bicyclic) bond motifs is 1. The zero-order chi connectivity index (χ0) is 11.0. The second-order valence-electron chi connectivity index (χ2n) is 3.17. The molecule has 0 aromatic carbocycles. The van der Waals surface area contributed by atoms with E-state index >= 15 is 0 Å². The summed E-state index contributed by atoms with van der Waals surface area (Å²) in [4.78, 5) is 8.02. The normalized spacial score (nSPS) is 10.8. The van der Waals surface area contributed by atoms with Gasteiger partial charge in [0.25, 0.3) is 0 Å². The van der Waals surface area contributed by atoms with Gasteiger partial charge < -0.3 is 0 Å². The van der Waals surface area contributed by atoms with Crippen LogP contribution in [0.5, 0.6) is 0 Å². The molecule has 0 bridgehead atoms. The number of hydrogen-bond donors (Lipinski definition) is 0. The van der Waals surface area contributed by atoms with Gasteiger partial charge >= 0.3 is 0 Å². The highest BCUT2D eigenvalue weighted by Crippen LogP contribution is 2.23. The van der Waals surface area contributed by atoms with Crippen molar-refractivity contribution in [2.45, 2.75) is 0 Å². The minimum Gasteiger partial charge on any atom is -0.244 e. The predicted molar refractivity (Wildman–Crippen MR) is 59.0 cm³/mol. The molecule has 3 heterocycles. The summed E-state index contributed by atoms with van der Waals surface area (Å²) >= 11 is 5.99. The molecule has 3 aromatic rings. The highest BCUT2D eigenvalue weighted by molar-refractivity contribution is 6.31. The molecular weight excluding hydrogens is 226 g/mol. The Morgan fingerprint density at radius 1 is 1.12 bits per heavy atom. The Kier molecular flexibility index (Phi) is 2.04. The van der Waals surface area contributed by atoms with E-state index in [4.69, 9.17) is 11.6 Å². The Morgan fingerprint density at radius 2 is 2.06 bits per heavy atom. The van der Waals surface area contributed by atoms with Gasteiger partial charge in [-0.25, -0.2) is 9.97 Å². The van der Waals surface area contributed by atoms with E-state index in [0.29, 0.717) is 10.8 Å². The largest absolute Gasteiger partial charge is 0.244 e. The van der Waals surface area contributed by atoms with Gasteiger partial charge in [-0.05, 0) is 24.3 Å². The average molecular weight is 232 g/mol. The third-order valence-electron chi connectivity index (χ3n) is 2.18. The summed E-state index contributed by atoms with van der Waals surface area (Å²) in [6.07, 6.45) is 3.09. The van der Waals surface area contributed by atoms with Crippen molar-refractivity contribution in [3.8, 4) is 11.3 Å². The second-order valence-corrected chi connectivity index (χ2v) is 3.53. The number of nitrogens with zero attached hydrogens (tertiary/aromatic N) is 5. The fourth-order valence-electron chi connectivity index (χ4n) is 1.44. The van der Waals surface area contributed by atoms with Crippen LogP contribution in [0.3, 0.4) is 0 Å². The van der Waals surface area contributed by atoms with Crippen molar-refractivity contribution in [1.82, 2.24) is 24.8 Å². The van der Waals surface area contributed by atoms with Crippen LogP contribution in [0.2, 0.25) is 5.15 Å². The van der Waals surface area contributed by atoms with Crippen LogP contribution in [-0.4, -0.2) is 24.8 Å². The SMILES string of the molecule is Clc1ncccc1-c1ccc2ncnn2n1. The zero-order valence-electron chi connectivity index (χ0n) is 8.08. The van der Waals surface area contributed by atoms with E-state index in [1.807, 2.05) is 24.3 Å². The average Bonchev–Trinajstić information content (AvgIpc) is 2.76. The third-order valence-corrected chi connectivity index (χ3v) is 2.48. The van der Waals surface area contributed by atoms with Crippen LogP contribution in [0.4, 0.5) is 0 Å². The lowest BCUT2D eigenvalue weighted by Crippen LogP contribution is -1.96. The van der Waals surface area contributed by atoms with Crippen molar-refractivity contribution in [1.29, 1.82) is 0 Å². The lowest BCUT2D eigenvalue weighted by molar-refractivity contribution is 0.804. The highest BCUT2D eigenvalue weighted by atomic mass is 35.5. The van der Waals surface area contributed by atoms with Crippen LogP contribution >= 0.6 is 11.6 Å². The molecule has 3 rings (SSSR count). The van der Waals surface area contributed by atoms with Crippen molar-refractivity contribution < 1.29 is 0 Å². The lowest BCUT2D eigenvalue weighted by Gasteiger charge is -2.01. The van der Waals surface area contributed by atoms with Gasteiger partial charge in [0.2, 0.25) is 0 Å². The van der Waals surface area contributed by atoms with Gasteiger partial charge in [0.1, 0.15) is 11.5 Å². The number of hydrogen-bond acceptors (Lipinski definition) is 4. The number of halogens is 1. The molecule has 3 aromatic heterocycles. The molecule has 0 fully saturated rings. The maximum atomic E-state index is 5.99. The minimum absolute atomic E-state index is 0.425. The standard InChI is InChI=1S/C10H6ClN5/c11-10-7(2-1-5-12-10)8-3-4-9-13-6-14-16(9)15-8/h1-6H. The summed E-state index contributed by atoms with van der Waals surface area (Å²) in [6.45, 7) is 0. The molecule has 0 amide bonds. The molecule has 0 radical (unpaired) electrons. The van der Waals surface area contributed by atoms with Crippen LogP contribution in [0.1, 0.15) is 0 Å². The first-order valence-electron chi connectivity index (χ1n) is 4.62. The minimum atomic E-state index is 0.425. The van der Waals surface area contributed by atoms with Crippen LogP contribution in [0, 0.1) is 0 Å². The number of rotatable bonds is 1. The molecule has 0 aliphatic carbocycles. The van der Waals surface area contributed by atoms with Crippen LogP contribution in [-0.2, 0) is 0 Å². The summed E-state index contributed by atoms with van der Waals surface area (Å²) in [5.74, 6) is 0. The molecule has 16 heavy (non-hydrogen) atoms. The molecule has 0 aliphatic rings. The molecule has 0 saturated carbocycles. The molecule has 0 atom stereocenters. The smallest absolute Gasteiger partial charge is 0.176 e. The Labute approximate surface area is 95.7 Å². The second kappa shape index (κ2) is 3.53. The van der Waals surface area contributed by atoms with Gasteiger partial charge in [-0.1, -0.05) is 11.6 Å². The Bertz CT molecular complexity index is 648. The molecule has 0 unspecified atom stereocenters. The lowest BCUT2D eigenvalue weighted by atomic mass is 10.2. The summed E-state index contributed by atoms with van der Waals surface area (Å²) in [5, 5.41) is 8.68. The molecule has 0 saturated heterocycles. The van der Waals surface area contributed by atoms with Crippen LogP contribution < -0.4 is 0 Å². The number of pyridine rings is 1. The van der Waals surface area contributed by atoms with Gasteiger partial charge in [-0.15, -0.1) is 14.8 Å². The third kappa shape index (κ3) is 1.42. The van der Waals surface area contributed by atoms with E-state index in [1.165, 1.54) is 11.0 Å². The molecule has 5 nitrogen and oxygen atoms in total. The Balaban J connectivity index is 2.22. The molecule has 0 spiro atoms. The van der Waals surface area contributed by atoms with E-state index in [2.05, 4.69) is 20.2 Å². The summed E-state index contributed by atoms with van der Waals surface area (Å²) < 4.78 is 1.46. The molecule has 78 valence electrons.